The summed E-state index contributed by atoms with van der Waals surface area (Å²) in [6, 6.07) is 14.8. The molecule has 12 nitrogen and oxygen atoms in total. The van der Waals surface area contributed by atoms with Crippen LogP contribution in [0.3, 0.4) is 0 Å². The molecule has 0 radical (unpaired) electrons. The predicted octanol–water partition coefficient (Wildman–Crippen LogP) is -1.11. The second kappa shape index (κ2) is 16.1. The molecular weight excluding hydrogens is 660 g/mol. The minimum atomic E-state index is -1.48. The number of thioether (sulfide) groups is 2. The van der Waals surface area contributed by atoms with Crippen molar-refractivity contribution in [2.45, 2.75) is 41.6 Å². The number of aromatic nitrogens is 2. The van der Waals surface area contributed by atoms with Crippen LogP contribution in [0.15, 0.2) is 76.3 Å². The number of carboxylic acid groups (broad SMARTS) is 1. The molecule has 0 bridgehead atoms. The molecule has 2 unspecified atom stereocenters. The monoisotopic (exact) mass is 688 g/mol. The Kier molecular flexibility index (Phi) is 12.4. The zero-order valence-corrected chi connectivity index (χ0v) is 29.7. The number of carbonyl (C=O) groups is 5. The van der Waals surface area contributed by atoms with Crippen LogP contribution in [0.4, 0.5) is 4.79 Å². The number of aliphatic carboxylic acids is 1. The van der Waals surface area contributed by atoms with E-state index in [0.717, 1.165) is 20.4 Å². The van der Waals surface area contributed by atoms with Gasteiger partial charge in [-0.3, -0.25) is 24.2 Å². The number of benzene rings is 2. The van der Waals surface area contributed by atoms with Gasteiger partial charge in [-0.05, 0) is 30.0 Å². The van der Waals surface area contributed by atoms with Crippen LogP contribution in [0.5, 0.6) is 0 Å². The van der Waals surface area contributed by atoms with Crippen molar-refractivity contribution in [3.05, 3.63) is 88.1 Å². The SMILES string of the molecule is Cc1nnc(SCC2=C(C(=O)[O-])N3C(=O)C(NC(=O)C(NC(=O)N(C)C(=O)CCc4ccccc4)c4ccccc4)[C@@H]3SC2)s1.[Na+]. The van der Waals surface area contributed by atoms with Crippen LogP contribution in [0, 0.1) is 6.92 Å². The van der Waals surface area contributed by atoms with Crippen LogP contribution in [-0.2, 0) is 25.6 Å². The molecule has 2 aliphatic rings. The molecule has 2 aromatic carbocycles. The average Bonchev–Trinajstić information content (AvgIpc) is 3.48. The van der Waals surface area contributed by atoms with Gasteiger partial charge >= 0.3 is 35.6 Å². The summed E-state index contributed by atoms with van der Waals surface area (Å²) in [5.41, 5.74) is 1.71. The second-order valence-corrected chi connectivity index (χ2v) is 13.8. The standard InChI is InChI=1S/C30H30N6O6S3.Na/c1-17-33-34-30(45-17)44-16-20-15-43-27-23(26(39)36(27)24(20)28(40)41)31-25(38)22(19-11-7-4-8-12-19)32-29(42)35(2)21(37)14-13-18-9-5-3-6-10-18;/h3-12,22-23,27H,13-16H2,1-2H3,(H,31,38)(H,32,42)(H,40,41);/q;+1/p-1/t22?,23?,27-;/m0./s1. The summed E-state index contributed by atoms with van der Waals surface area (Å²) < 4.78 is 0.683. The molecular formula is C30H29N6NaO6S3. The summed E-state index contributed by atoms with van der Waals surface area (Å²) in [6.45, 7) is 1.82. The topological polar surface area (TPSA) is 165 Å². The molecule has 3 atom stereocenters. The fourth-order valence-corrected chi connectivity index (χ4v) is 8.15. The predicted molar refractivity (Wildman–Crippen MR) is 168 cm³/mol. The molecule has 5 amide bonds. The first-order chi connectivity index (χ1) is 21.6. The van der Waals surface area contributed by atoms with E-state index in [2.05, 4.69) is 20.8 Å². The summed E-state index contributed by atoms with van der Waals surface area (Å²) >= 11 is 4.04. The van der Waals surface area contributed by atoms with Gasteiger partial charge in [-0.25, -0.2) is 4.79 Å². The molecule has 1 fully saturated rings. The number of hydrogen-bond acceptors (Lipinski definition) is 11. The van der Waals surface area contributed by atoms with Crippen LogP contribution in [0.1, 0.15) is 28.6 Å². The third-order valence-electron chi connectivity index (χ3n) is 7.23. The minimum absolute atomic E-state index is 0. The third kappa shape index (κ3) is 8.19. The molecule has 5 rings (SSSR count). The van der Waals surface area contributed by atoms with E-state index in [1.807, 2.05) is 37.3 Å². The smallest absolute Gasteiger partial charge is 0.543 e. The second-order valence-electron chi connectivity index (χ2n) is 10.2. The van der Waals surface area contributed by atoms with Crippen molar-refractivity contribution >= 4 is 64.6 Å². The van der Waals surface area contributed by atoms with Crippen molar-refractivity contribution in [1.29, 1.82) is 0 Å². The van der Waals surface area contributed by atoms with E-state index in [9.17, 15) is 29.1 Å². The normalized spacial score (nSPS) is 17.6. The molecule has 0 spiro atoms. The van der Waals surface area contributed by atoms with Crippen molar-refractivity contribution in [1.82, 2.24) is 30.6 Å². The number of nitrogens with one attached hydrogen (secondary N) is 2. The number of carboxylic acids is 1. The van der Waals surface area contributed by atoms with Crippen molar-refractivity contribution < 1.29 is 58.6 Å². The Morgan fingerprint density at radius 1 is 1.09 bits per heavy atom. The molecule has 0 saturated carbocycles. The number of β-lactam (4-membered cyclic amide) rings is 1. The van der Waals surface area contributed by atoms with Crippen molar-refractivity contribution in [3.63, 3.8) is 0 Å². The van der Waals surface area contributed by atoms with Gasteiger partial charge in [-0.15, -0.1) is 22.0 Å². The molecule has 2 aliphatic heterocycles. The number of nitrogens with zero attached hydrogens (tertiary/aromatic N) is 4. The Balaban J connectivity index is 0.00000480. The van der Waals surface area contributed by atoms with Gasteiger partial charge in [0.25, 0.3) is 5.91 Å². The molecule has 1 saturated heterocycles. The molecule has 46 heavy (non-hydrogen) atoms. The first-order valence-electron chi connectivity index (χ1n) is 13.9. The number of aryl methyl sites for hydroxylation is 2. The zero-order valence-electron chi connectivity index (χ0n) is 25.3. The first-order valence-corrected chi connectivity index (χ1v) is 16.8. The van der Waals surface area contributed by atoms with Gasteiger partial charge in [0.15, 0.2) is 4.34 Å². The van der Waals surface area contributed by atoms with Gasteiger partial charge in [0.1, 0.15) is 22.5 Å². The summed E-state index contributed by atoms with van der Waals surface area (Å²) in [5.74, 6) is -2.58. The minimum Gasteiger partial charge on any atom is -0.543 e. The van der Waals surface area contributed by atoms with E-state index in [0.29, 0.717) is 27.6 Å². The van der Waals surface area contributed by atoms with Crippen LogP contribution < -0.4 is 45.3 Å². The molecule has 16 heteroatoms. The number of imide groups is 1. The van der Waals surface area contributed by atoms with E-state index >= 15 is 0 Å². The van der Waals surface area contributed by atoms with Crippen molar-refractivity contribution in [2.75, 3.05) is 18.6 Å². The molecule has 234 valence electrons. The largest absolute Gasteiger partial charge is 1.00 e. The van der Waals surface area contributed by atoms with E-state index in [1.54, 1.807) is 30.3 Å². The van der Waals surface area contributed by atoms with Crippen LogP contribution in [0.2, 0.25) is 0 Å². The summed E-state index contributed by atoms with van der Waals surface area (Å²) in [7, 11) is 1.34. The average molecular weight is 689 g/mol. The van der Waals surface area contributed by atoms with Gasteiger partial charge < -0.3 is 20.5 Å². The summed E-state index contributed by atoms with van der Waals surface area (Å²) in [5, 5.41) is 25.6. The Morgan fingerprint density at radius 2 is 1.76 bits per heavy atom. The maximum atomic E-state index is 13.6. The molecule has 2 N–H and O–H groups in total. The summed E-state index contributed by atoms with van der Waals surface area (Å²) in [6.07, 6.45) is 0.542. The third-order valence-corrected chi connectivity index (χ3v) is 10.6. The zero-order chi connectivity index (χ0) is 32.1. The Morgan fingerprint density at radius 3 is 2.39 bits per heavy atom. The molecule has 3 aromatic rings. The number of carbonyl (C=O) groups excluding carboxylic acids is 5. The number of fused-ring (bicyclic) bond motifs is 1. The number of rotatable bonds is 11. The summed E-state index contributed by atoms with van der Waals surface area (Å²) in [4.78, 5) is 66.9. The van der Waals surface area contributed by atoms with Gasteiger partial charge in [-0.2, -0.15) is 0 Å². The Labute approximate surface area is 300 Å². The fraction of sp³-hybridized carbons (Fsp3) is 0.300. The quantitative estimate of drug-likeness (QED) is 0.143. The van der Waals surface area contributed by atoms with Gasteiger partial charge in [0, 0.05) is 25.0 Å². The van der Waals surface area contributed by atoms with Crippen LogP contribution >= 0.6 is 34.9 Å². The molecule has 3 heterocycles. The van der Waals surface area contributed by atoms with Crippen molar-refractivity contribution in [2.24, 2.45) is 0 Å². The first kappa shape index (κ1) is 35.6. The van der Waals surface area contributed by atoms with E-state index in [1.165, 1.54) is 41.9 Å². The van der Waals surface area contributed by atoms with Gasteiger partial charge in [-0.1, -0.05) is 83.8 Å². The van der Waals surface area contributed by atoms with Gasteiger partial charge in [0.2, 0.25) is 11.8 Å². The van der Waals surface area contributed by atoms with E-state index < -0.39 is 47.2 Å². The van der Waals surface area contributed by atoms with Gasteiger partial charge in [0.05, 0.1) is 11.7 Å². The number of urea groups is 1. The van der Waals surface area contributed by atoms with Crippen LogP contribution in [0.25, 0.3) is 0 Å². The Bertz CT molecular complexity index is 1640. The van der Waals surface area contributed by atoms with Crippen molar-refractivity contribution in [3.8, 4) is 0 Å². The number of hydrogen-bond donors (Lipinski definition) is 2. The molecule has 0 aliphatic carbocycles. The van der Waals surface area contributed by atoms with E-state index in [4.69, 9.17) is 0 Å². The maximum absolute atomic E-state index is 13.6. The van der Waals surface area contributed by atoms with Crippen LogP contribution in [-0.4, -0.2) is 79.7 Å². The number of amides is 5. The fourth-order valence-electron chi connectivity index (χ4n) is 4.85. The maximum Gasteiger partial charge on any atom is 1.00 e. The van der Waals surface area contributed by atoms with E-state index in [-0.39, 0.29) is 47.4 Å². The molecule has 1 aromatic heterocycles. The Hall–Kier alpha value is -3.21.